The van der Waals surface area contributed by atoms with Crippen molar-refractivity contribution < 1.29 is 9.90 Å². The van der Waals surface area contributed by atoms with Gasteiger partial charge in [0.05, 0.1) is 6.10 Å². The van der Waals surface area contributed by atoms with E-state index in [-0.39, 0.29) is 12.0 Å². The van der Waals surface area contributed by atoms with Gasteiger partial charge >= 0.3 is 0 Å². The number of carbonyl (C=O) groups excluding carboxylic acids is 1. The Morgan fingerprint density at radius 3 is 2.50 bits per heavy atom. The first-order valence-corrected chi connectivity index (χ1v) is 8.06. The molecule has 0 aliphatic carbocycles. The highest BCUT2D eigenvalue weighted by molar-refractivity contribution is 5.76. The molecule has 1 heterocycles. The Kier molecular flexibility index (Phi) is 8.82. The van der Waals surface area contributed by atoms with Gasteiger partial charge in [0.2, 0.25) is 5.91 Å². The topological polar surface area (TPSA) is 55.8 Å². The van der Waals surface area contributed by atoms with Crippen molar-refractivity contribution in [3.63, 3.8) is 0 Å². The van der Waals surface area contributed by atoms with Gasteiger partial charge in [0.25, 0.3) is 0 Å². The number of hydrogen-bond donors (Lipinski definition) is 2. The second-order valence-corrected chi connectivity index (χ2v) is 5.54. The van der Waals surface area contributed by atoms with Crippen LogP contribution in [0.25, 0.3) is 0 Å². The third kappa shape index (κ3) is 6.68. The fourth-order valence-electron chi connectivity index (χ4n) is 2.61. The van der Waals surface area contributed by atoms with Crippen molar-refractivity contribution in [1.82, 2.24) is 15.1 Å². The minimum Gasteiger partial charge on any atom is -0.390 e. The van der Waals surface area contributed by atoms with Crippen LogP contribution in [0.5, 0.6) is 0 Å². The molecule has 1 atom stereocenters. The Morgan fingerprint density at radius 1 is 1.25 bits per heavy atom. The fraction of sp³-hybridized carbons (Fsp3) is 0.933. The van der Waals surface area contributed by atoms with Gasteiger partial charge < -0.3 is 20.2 Å². The van der Waals surface area contributed by atoms with E-state index in [0.717, 1.165) is 39.0 Å². The number of likely N-dealkylation sites (tertiary alicyclic amines) is 1. The lowest BCUT2D eigenvalue weighted by Gasteiger charge is -2.27. The van der Waals surface area contributed by atoms with Gasteiger partial charge in [0.1, 0.15) is 0 Å². The largest absolute Gasteiger partial charge is 0.390 e. The highest BCUT2D eigenvalue weighted by atomic mass is 16.3. The van der Waals surface area contributed by atoms with Crippen LogP contribution in [-0.2, 0) is 4.79 Å². The van der Waals surface area contributed by atoms with Crippen molar-refractivity contribution in [2.75, 3.05) is 45.8 Å². The zero-order valence-corrected chi connectivity index (χ0v) is 13.1. The molecule has 2 N–H and O–H groups in total. The van der Waals surface area contributed by atoms with Crippen molar-refractivity contribution in [3.8, 4) is 0 Å². The van der Waals surface area contributed by atoms with Crippen molar-refractivity contribution in [3.05, 3.63) is 0 Å². The van der Waals surface area contributed by atoms with Crippen LogP contribution in [0.4, 0.5) is 0 Å². The molecule has 0 aromatic rings. The maximum Gasteiger partial charge on any atom is 0.223 e. The Bertz CT molecular complexity index is 264. The molecular weight excluding hydrogens is 254 g/mol. The van der Waals surface area contributed by atoms with Crippen LogP contribution in [0.15, 0.2) is 0 Å². The summed E-state index contributed by atoms with van der Waals surface area (Å²) >= 11 is 0. The lowest BCUT2D eigenvalue weighted by molar-refractivity contribution is -0.132. The predicted molar refractivity (Wildman–Crippen MR) is 81.7 cm³/mol. The van der Waals surface area contributed by atoms with Gasteiger partial charge in [-0.2, -0.15) is 0 Å². The summed E-state index contributed by atoms with van der Waals surface area (Å²) in [4.78, 5) is 16.1. The SMILES string of the molecule is CCN(CC)CC(O)CNCCC(=O)N1CCCCC1. The van der Waals surface area contributed by atoms with E-state index in [2.05, 4.69) is 24.1 Å². The second kappa shape index (κ2) is 10.1. The van der Waals surface area contributed by atoms with Gasteiger partial charge in [-0.25, -0.2) is 0 Å². The van der Waals surface area contributed by atoms with E-state index in [1.54, 1.807) is 0 Å². The Labute approximate surface area is 123 Å². The van der Waals surface area contributed by atoms with Crippen molar-refractivity contribution in [2.45, 2.75) is 45.6 Å². The smallest absolute Gasteiger partial charge is 0.223 e. The number of amides is 1. The number of carbonyl (C=O) groups is 1. The molecule has 0 aromatic heterocycles. The zero-order valence-electron chi connectivity index (χ0n) is 13.1. The molecule has 1 amide bonds. The van der Waals surface area contributed by atoms with Gasteiger partial charge in [-0.05, 0) is 32.4 Å². The number of piperidine rings is 1. The first-order valence-electron chi connectivity index (χ1n) is 8.06. The van der Waals surface area contributed by atoms with E-state index in [1.165, 1.54) is 6.42 Å². The van der Waals surface area contributed by atoms with Gasteiger partial charge in [-0.3, -0.25) is 4.79 Å². The Hall–Kier alpha value is -0.650. The lowest BCUT2D eigenvalue weighted by atomic mass is 10.1. The van der Waals surface area contributed by atoms with Crippen LogP contribution in [0.1, 0.15) is 39.5 Å². The molecule has 0 saturated carbocycles. The van der Waals surface area contributed by atoms with Gasteiger partial charge in [-0.15, -0.1) is 0 Å². The maximum atomic E-state index is 11.9. The van der Waals surface area contributed by atoms with Crippen LogP contribution >= 0.6 is 0 Å². The van der Waals surface area contributed by atoms with E-state index < -0.39 is 0 Å². The molecular formula is C15H31N3O2. The van der Waals surface area contributed by atoms with E-state index >= 15 is 0 Å². The van der Waals surface area contributed by atoms with Crippen LogP contribution < -0.4 is 5.32 Å². The summed E-state index contributed by atoms with van der Waals surface area (Å²) in [5, 5.41) is 13.1. The lowest BCUT2D eigenvalue weighted by Crippen LogP contribution is -2.40. The molecule has 118 valence electrons. The first kappa shape index (κ1) is 17.4. The molecule has 1 rings (SSSR count). The van der Waals surface area contributed by atoms with E-state index in [1.807, 2.05) is 4.90 Å². The molecule has 1 unspecified atom stereocenters. The van der Waals surface area contributed by atoms with Crippen molar-refractivity contribution >= 4 is 5.91 Å². The molecule has 1 fully saturated rings. The van der Waals surface area contributed by atoms with E-state index in [9.17, 15) is 9.90 Å². The summed E-state index contributed by atoms with van der Waals surface area (Å²) in [6, 6.07) is 0. The van der Waals surface area contributed by atoms with Gasteiger partial charge in [0, 0.05) is 39.1 Å². The third-order valence-electron chi connectivity index (χ3n) is 3.97. The van der Waals surface area contributed by atoms with Gasteiger partial charge in [-0.1, -0.05) is 13.8 Å². The van der Waals surface area contributed by atoms with Crippen LogP contribution in [0.3, 0.4) is 0 Å². The number of likely N-dealkylation sites (N-methyl/N-ethyl adjacent to an activating group) is 1. The van der Waals surface area contributed by atoms with E-state index in [0.29, 0.717) is 26.1 Å². The molecule has 0 bridgehead atoms. The maximum absolute atomic E-state index is 11.9. The third-order valence-corrected chi connectivity index (χ3v) is 3.97. The van der Waals surface area contributed by atoms with Crippen molar-refractivity contribution in [1.29, 1.82) is 0 Å². The molecule has 5 heteroatoms. The average Bonchev–Trinajstić information content (AvgIpc) is 2.49. The summed E-state index contributed by atoms with van der Waals surface area (Å²) in [6.45, 7) is 9.87. The standard InChI is InChI=1S/C15H31N3O2/c1-3-17(4-2)13-14(19)12-16-9-8-15(20)18-10-6-5-7-11-18/h14,16,19H,3-13H2,1-2H3. The number of nitrogens with zero attached hydrogens (tertiary/aromatic N) is 2. The molecule has 1 saturated heterocycles. The Balaban J connectivity index is 2.07. The number of rotatable bonds is 9. The highest BCUT2D eigenvalue weighted by Gasteiger charge is 2.16. The monoisotopic (exact) mass is 285 g/mol. The minimum absolute atomic E-state index is 0.246. The molecule has 1 aliphatic rings. The summed E-state index contributed by atoms with van der Waals surface area (Å²) in [6.07, 6.45) is 3.71. The first-order chi connectivity index (χ1) is 9.67. The second-order valence-electron chi connectivity index (χ2n) is 5.54. The molecule has 5 nitrogen and oxygen atoms in total. The zero-order chi connectivity index (χ0) is 14.8. The molecule has 1 aliphatic heterocycles. The summed E-state index contributed by atoms with van der Waals surface area (Å²) < 4.78 is 0. The van der Waals surface area contributed by atoms with E-state index in [4.69, 9.17) is 0 Å². The summed E-state index contributed by atoms with van der Waals surface area (Å²) in [7, 11) is 0. The average molecular weight is 285 g/mol. The van der Waals surface area contributed by atoms with Crippen molar-refractivity contribution in [2.24, 2.45) is 0 Å². The Morgan fingerprint density at radius 2 is 1.90 bits per heavy atom. The van der Waals surface area contributed by atoms with Gasteiger partial charge in [0.15, 0.2) is 0 Å². The quantitative estimate of drug-likeness (QED) is 0.612. The number of hydrogen-bond acceptors (Lipinski definition) is 4. The fourth-order valence-corrected chi connectivity index (χ4v) is 2.61. The minimum atomic E-state index is -0.361. The molecule has 20 heavy (non-hydrogen) atoms. The number of nitrogens with one attached hydrogen (secondary N) is 1. The molecule has 0 spiro atoms. The molecule has 0 aromatic carbocycles. The molecule has 0 radical (unpaired) electrons. The summed E-state index contributed by atoms with van der Waals surface area (Å²) in [5.41, 5.74) is 0. The summed E-state index contributed by atoms with van der Waals surface area (Å²) in [5.74, 6) is 0.246. The predicted octanol–water partition coefficient (Wildman–Crippen LogP) is 0.681. The highest BCUT2D eigenvalue weighted by Crippen LogP contribution is 2.09. The normalized spacial score (nSPS) is 17.5. The van der Waals surface area contributed by atoms with Crippen LogP contribution in [0.2, 0.25) is 0 Å². The van der Waals surface area contributed by atoms with Crippen LogP contribution in [0, 0.1) is 0 Å². The number of aliphatic hydroxyl groups excluding tert-OH is 1. The van der Waals surface area contributed by atoms with Crippen LogP contribution in [-0.4, -0.2) is 72.7 Å². The number of aliphatic hydroxyl groups is 1.